The summed E-state index contributed by atoms with van der Waals surface area (Å²) >= 11 is 0. The lowest BCUT2D eigenvalue weighted by molar-refractivity contribution is 0.0845. The molecule has 3 atom stereocenters. The van der Waals surface area contributed by atoms with Gasteiger partial charge in [-0.05, 0) is 112 Å². The highest BCUT2D eigenvalue weighted by molar-refractivity contribution is 5.70. The first-order valence-corrected chi connectivity index (χ1v) is 13.9. The molecule has 7 nitrogen and oxygen atoms in total. The Morgan fingerprint density at radius 2 is 1.59 bits per heavy atom. The number of fused-ring (bicyclic) bond motifs is 3. The molecule has 3 fully saturated rings. The lowest BCUT2D eigenvalue weighted by atomic mass is 9.85. The maximum atomic E-state index is 12.6. The molecule has 3 saturated heterocycles. The second-order valence-electron chi connectivity index (χ2n) is 10.8. The maximum absolute atomic E-state index is 12.6. The largest absolute Gasteiger partial charge is 0.496 e. The molecule has 37 heavy (non-hydrogen) atoms. The fourth-order valence-corrected chi connectivity index (χ4v) is 7.01. The van der Waals surface area contributed by atoms with Gasteiger partial charge in [-0.25, -0.2) is 4.79 Å². The van der Waals surface area contributed by atoms with Crippen LogP contribution < -0.4 is 14.2 Å². The van der Waals surface area contributed by atoms with Crippen molar-refractivity contribution in [2.24, 2.45) is 0 Å². The minimum atomic E-state index is -0.108. The molecule has 1 amide bonds. The number of piperidine rings is 1. The van der Waals surface area contributed by atoms with Gasteiger partial charge in [0.05, 0.1) is 13.7 Å². The summed E-state index contributed by atoms with van der Waals surface area (Å²) < 4.78 is 22.3. The highest BCUT2D eigenvalue weighted by Gasteiger charge is 2.43. The zero-order chi connectivity index (χ0) is 25.4. The first-order chi connectivity index (χ1) is 18.1. The highest BCUT2D eigenvalue weighted by Crippen LogP contribution is 2.42. The average molecular weight is 507 g/mol. The molecule has 0 aliphatic carbocycles. The van der Waals surface area contributed by atoms with Gasteiger partial charge < -0.3 is 28.7 Å². The van der Waals surface area contributed by atoms with Crippen LogP contribution in [-0.4, -0.2) is 67.6 Å². The molecular formula is C30H38N2O5. The van der Waals surface area contributed by atoms with Crippen molar-refractivity contribution in [3.63, 3.8) is 0 Å². The minimum absolute atomic E-state index is 0.108. The molecule has 3 unspecified atom stereocenters. The lowest BCUT2D eigenvalue weighted by Crippen LogP contribution is -2.44. The Kier molecular flexibility index (Phi) is 6.89. The topological polar surface area (TPSA) is 60.5 Å². The van der Waals surface area contributed by atoms with Crippen LogP contribution in [0.3, 0.4) is 0 Å². The van der Waals surface area contributed by atoms with E-state index in [0.717, 1.165) is 74.4 Å². The van der Waals surface area contributed by atoms with Crippen molar-refractivity contribution in [2.75, 3.05) is 33.6 Å². The molecule has 198 valence electrons. The van der Waals surface area contributed by atoms with E-state index in [0.29, 0.717) is 30.7 Å². The van der Waals surface area contributed by atoms with E-state index < -0.39 is 0 Å². The van der Waals surface area contributed by atoms with E-state index in [2.05, 4.69) is 40.1 Å². The molecule has 4 heterocycles. The van der Waals surface area contributed by atoms with Gasteiger partial charge in [0.2, 0.25) is 6.79 Å². The number of amides is 1. The van der Waals surface area contributed by atoms with Crippen LogP contribution in [0.1, 0.15) is 63.4 Å². The zero-order valence-electron chi connectivity index (χ0n) is 22.0. The number of rotatable bonds is 5. The van der Waals surface area contributed by atoms with Crippen LogP contribution in [0, 0.1) is 0 Å². The van der Waals surface area contributed by atoms with Gasteiger partial charge in [0, 0.05) is 18.1 Å². The number of carbonyl (C=O) groups excluding carboxylic acids is 1. The molecule has 0 N–H and O–H groups in total. The van der Waals surface area contributed by atoms with E-state index in [1.807, 2.05) is 13.0 Å². The van der Waals surface area contributed by atoms with E-state index in [4.69, 9.17) is 18.9 Å². The van der Waals surface area contributed by atoms with Gasteiger partial charge >= 0.3 is 6.09 Å². The number of nitrogens with zero attached hydrogens (tertiary/aromatic N) is 2. The lowest BCUT2D eigenvalue weighted by Gasteiger charge is -2.39. The third kappa shape index (κ3) is 4.74. The SMILES string of the molecule is CCOC(=O)N1C2CCC(N3CCC(c4cc(-c5ccc6c(c5)OCO6)ccc4OC)CC3)CC1CC2. The molecule has 4 aliphatic heterocycles. The quantitative estimate of drug-likeness (QED) is 0.510. The van der Waals surface area contributed by atoms with Crippen molar-refractivity contribution >= 4 is 6.09 Å². The number of hydrogen-bond donors (Lipinski definition) is 0. The summed E-state index contributed by atoms with van der Waals surface area (Å²) in [6.07, 6.45) is 7.70. The summed E-state index contributed by atoms with van der Waals surface area (Å²) in [4.78, 5) is 17.4. The summed E-state index contributed by atoms with van der Waals surface area (Å²) in [7, 11) is 1.77. The average Bonchev–Trinajstić information content (AvgIpc) is 3.51. The zero-order valence-corrected chi connectivity index (χ0v) is 22.0. The molecule has 2 aromatic rings. The summed E-state index contributed by atoms with van der Waals surface area (Å²) in [5.41, 5.74) is 3.60. The van der Waals surface area contributed by atoms with Crippen LogP contribution in [0.4, 0.5) is 4.79 Å². The molecule has 0 saturated carbocycles. The Hall–Kier alpha value is -2.93. The molecule has 2 aromatic carbocycles. The van der Waals surface area contributed by atoms with E-state index in [-0.39, 0.29) is 12.9 Å². The number of hydrogen-bond acceptors (Lipinski definition) is 6. The fraction of sp³-hybridized carbons (Fsp3) is 0.567. The Balaban J connectivity index is 1.14. The first kappa shape index (κ1) is 24.4. The van der Waals surface area contributed by atoms with E-state index in [9.17, 15) is 4.79 Å². The summed E-state index contributed by atoms with van der Waals surface area (Å²) in [6, 6.07) is 13.9. The number of likely N-dealkylation sites (tertiary alicyclic amines) is 1. The summed E-state index contributed by atoms with van der Waals surface area (Å²) in [5, 5.41) is 0. The van der Waals surface area contributed by atoms with Crippen LogP contribution in [0.2, 0.25) is 0 Å². The Morgan fingerprint density at radius 3 is 2.38 bits per heavy atom. The van der Waals surface area contributed by atoms with Crippen molar-refractivity contribution in [1.82, 2.24) is 9.80 Å². The third-order valence-corrected chi connectivity index (χ3v) is 8.90. The summed E-state index contributed by atoms with van der Waals surface area (Å²) in [5.74, 6) is 3.06. The van der Waals surface area contributed by atoms with Crippen molar-refractivity contribution in [2.45, 2.75) is 75.9 Å². The monoisotopic (exact) mass is 506 g/mol. The first-order valence-electron chi connectivity index (χ1n) is 13.9. The number of benzene rings is 2. The fourth-order valence-electron chi connectivity index (χ4n) is 7.01. The second kappa shape index (κ2) is 10.4. The molecular weight excluding hydrogens is 468 g/mol. The maximum Gasteiger partial charge on any atom is 0.410 e. The predicted octanol–water partition coefficient (Wildman–Crippen LogP) is 5.81. The smallest absolute Gasteiger partial charge is 0.410 e. The third-order valence-electron chi connectivity index (χ3n) is 8.90. The second-order valence-corrected chi connectivity index (χ2v) is 10.8. The molecule has 6 rings (SSSR count). The van der Waals surface area contributed by atoms with Crippen molar-refractivity contribution in [3.8, 4) is 28.4 Å². The van der Waals surface area contributed by atoms with E-state index >= 15 is 0 Å². The van der Waals surface area contributed by atoms with Gasteiger partial charge in [-0.15, -0.1) is 0 Å². The minimum Gasteiger partial charge on any atom is -0.496 e. The molecule has 0 radical (unpaired) electrons. The highest BCUT2D eigenvalue weighted by atomic mass is 16.7. The van der Waals surface area contributed by atoms with Crippen molar-refractivity contribution < 1.29 is 23.7 Å². The van der Waals surface area contributed by atoms with Gasteiger partial charge in [0.25, 0.3) is 0 Å². The van der Waals surface area contributed by atoms with Gasteiger partial charge in [0.15, 0.2) is 11.5 Å². The van der Waals surface area contributed by atoms with Crippen molar-refractivity contribution in [1.29, 1.82) is 0 Å². The van der Waals surface area contributed by atoms with Gasteiger partial charge in [-0.2, -0.15) is 0 Å². The number of ether oxygens (including phenoxy) is 4. The van der Waals surface area contributed by atoms with Crippen LogP contribution in [0.5, 0.6) is 17.2 Å². The standard InChI is InChI=1S/C30H38N2O5/c1-3-35-30(33)32-23-6-8-24(18-25(32)9-7-23)31-14-12-20(13-15-31)26-16-21(4-10-27(26)34-2)22-5-11-28-29(17-22)37-19-36-28/h4-5,10-11,16-17,20,23-25H,3,6-9,12-15,18-19H2,1-2H3. The van der Waals surface area contributed by atoms with Crippen LogP contribution in [0.25, 0.3) is 11.1 Å². The molecule has 4 aliphatic rings. The van der Waals surface area contributed by atoms with Crippen LogP contribution in [-0.2, 0) is 4.74 Å². The molecule has 2 bridgehead atoms. The number of carbonyl (C=O) groups is 1. The van der Waals surface area contributed by atoms with Gasteiger partial charge in [-0.1, -0.05) is 12.1 Å². The summed E-state index contributed by atoms with van der Waals surface area (Å²) in [6.45, 7) is 4.80. The molecule has 0 spiro atoms. The Morgan fingerprint density at radius 1 is 0.892 bits per heavy atom. The van der Waals surface area contributed by atoms with Crippen LogP contribution >= 0.6 is 0 Å². The predicted molar refractivity (Wildman–Crippen MR) is 141 cm³/mol. The van der Waals surface area contributed by atoms with Crippen LogP contribution in [0.15, 0.2) is 36.4 Å². The number of methoxy groups -OCH3 is 1. The van der Waals surface area contributed by atoms with Gasteiger partial charge in [0.1, 0.15) is 5.75 Å². The van der Waals surface area contributed by atoms with Gasteiger partial charge in [-0.3, -0.25) is 0 Å². The Labute approximate surface area is 219 Å². The van der Waals surface area contributed by atoms with E-state index in [1.165, 1.54) is 17.5 Å². The van der Waals surface area contributed by atoms with E-state index in [1.54, 1.807) is 7.11 Å². The Bertz CT molecular complexity index is 1130. The molecule has 0 aromatic heterocycles. The normalized spacial score (nSPS) is 25.7. The van der Waals surface area contributed by atoms with Crippen molar-refractivity contribution in [3.05, 3.63) is 42.0 Å². The molecule has 7 heteroatoms.